The second-order valence-electron chi connectivity index (χ2n) is 4.94. The molecule has 0 radical (unpaired) electrons. The third-order valence-electron chi connectivity index (χ3n) is 2.78. The van der Waals surface area contributed by atoms with Crippen LogP contribution in [-0.4, -0.2) is 31.4 Å². The summed E-state index contributed by atoms with van der Waals surface area (Å²) in [5.74, 6) is 0.664. The lowest BCUT2D eigenvalue weighted by molar-refractivity contribution is -0.143. The van der Waals surface area contributed by atoms with Crippen LogP contribution in [0.2, 0.25) is 0 Å². The highest BCUT2D eigenvalue weighted by Crippen LogP contribution is 2.20. The van der Waals surface area contributed by atoms with Crippen molar-refractivity contribution in [1.82, 2.24) is 5.32 Å². The fourth-order valence-corrected chi connectivity index (χ4v) is 2.65. The van der Waals surface area contributed by atoms with Gasteiger partial charge in [0.05, 0.1) is 7.11 Å². The summed E-state index contributed by atoms with van der Waals surface area (Å²) < 4.78 is 18.2. The highest BCUT2D eigenvalue weighted by atomic mass is 32.2. The van der Waals surface area contributed by atoms with Gasteiger partial charge in [-0.2, -0.15) is 0 Å². The third-order valence-corrected chi connectivity index (χ3v) is 3.83. The van der Waals surface area contributed by atoms with Crippen molar-refractivity contribution in [1.29, 1.82) is 0 Å². The molecular formula is C15H22FNO2S. The number of rotatable bonds is 8. The maximum absolute atomic E-state index is 13.4. The predicted octanol–water partition coefficient (Wildman–Crippen LogP) is 3.10. The maximum atomic E-state index is 13.4. The fourth-order valence-electron chi connectivity index (χ4n) is 1.83. The van der Waals surface area contributed by atoms with Crippen LogP contribution in [0.3, 0.4) is 0 Å². The Labute approximate surface area is 124 Å². The molecule has 0 aromatic heterocycles. The number of methoxy groups -OCH3 is 1. The summed E-state index contributed by atoms with van der Waals surface area (Å²) >= 11 is 1.44. The van der Waals surface area contributed by atoms with E-state index in [-0.39, 0.29) is 17.8 Å². The van der Waals surface area contributed by atoms with E-state index in [0.717, 1.165) is 6.42 Å². The van der Waals surface area contributed by atoms with E-state index < -0.39 is 0 Å². The van der Waals surface area contributed by atoms with Crippen LogP contribution in [0.5, 0.6) is 0 Å². The minimum Gasteiger partial charge on any atom is -0.468 e. The number of benzene rings is 1. The van der Waals surface area contributed by atoms with E-state index in [0.29, 0.717) is 23.1 Å². The van der Waals surface area contributed by atoms with E-state index in [1.54, 1.807) is 12.1 Å². The molecule has 1 rings (SSSR count). The first-order valence-electron chi connectivity index (χ1n) is 6.73. The fraction of sp³-hybridized carbons (Fsp3) is 0.533. The second-order valence-corrected chi connectivity index (χ2v) is 6.08. The molecule has 112 valence electrons. The minimum absolute atomic E-state index is 0.204. The van der Waals surface area contributed by atoms with E-state index in [1.807, 2.05) is 6.07 Å². The summed E-state index contributed by atoms with van der Waals surface area (Å²) in [4.78, 5) is 12.2. The first-order chi connectivity index (χ1) is 9.54. The SMILES string of the molecule is COC(=O)C(CC(C)C)NCCSc1ccccc1F. The van der Waals surface area contributed by atoms with Crippen molar-refractivity contribution in [3.05, 3.63) is 30.1 Å². The van der Waals surface area contributed by atoms with Crippen molar-refractivity contribution in [3.63, 3.8) is 0 Å². The van der Waals surface area contributed by atoms with E-state index in [9.17, 15) is 9.18 Å². The summed E-state index contributed by atoms with van der Waals surface area (Å²) in [6.07, 6.45) is 0.733. The highest BCUT2D eigenvalue weighted by molar-refractivity contribution is 7.99. The summed E-state index contributed by atoms with van der Waals surface area (Å²) in [6.45, 7) is 4.75. The van der Waals surface area contributed by atoms with Gasteiger partial charge in [-0.25, -0.2) is 4.39 Å². The molecule has 0 fully saturated rings. The van der Waals surface area contributed by atoms with E-state index in [1.165, 1.54) is 24.9 Å². The number of halogens is 1. The maximum Gasteiger partial charge on any atom is 0.322 e. The molecule has 20 heavy (non-hydrogen) atoms. The Kier molecular flexibility index (Phi) is 7.62. The number of hydrogen-bond acceptors (Lipinski definition) is 4. The molecule has 0 amide bonds. The molecule has 1 aromatic carbocycles. The van der Waals surface area contributed by atoms with Crippen molar-refractivity contribution < 1.29 is 13.9 Å². The van der Waals surface area contributed by atoms with Gasteiger partial charge >= 0.3 is 5.97 Å². The number of carbonyl (C=O) groups is 1. The topological polar surface area (TPSA) is 38.3 Å². The molecule has 3 nitrogen and oxygen atoms in total. The number of ether oxygens (including phenoxy) is 1. The molecule has 0 bridgehead atoms. The first-order valence-corrected chi connectivity index (χ1v) is 7.71. The van der Waals surface area contributed by atoms with Crippen LogP contribution in [0.1, 0.15) is 20.3 Å². The van der Waals surface area contributed by atoms with Crippen LogP contribution < -0.4 is 5.32 Å². The zero-order chi connectivity index (χ0) is 15.0. The number of carbonyl (C=O) groups excluding carboxylic acids is 1. The quantitative estimate of drug-likeness (QED) is 0.455. The Morgan fingerprint density at radius 2 is 2.10 bits per heavy atom. The second kappa shape index (κ2) is 8.97. The Balaban J connectivity index is 2.37. The zero-order valence-electron chi connectivity index (χ0n) is 12.2. The van der Waals surface area contributed by atoms with Gasteiger partial charge in [-0.05, 0) is 24.5 Å². The van der Waals surface area contributed by atoms with E-state index >= 15 is 0 Å². The number of hydrogen-bond donors (Lipinski definition) is 1. The van der Waals surface area contributed by atoms with E-state index in [4.69, 9.17) is 4.74 Å². The van der Waals surface area contributed by atoms with Gasteiger partial charge in [-0.1, -0.05) is 26.0 Å². The molecule has 1 aromatic rings. The van der Waals surface area contributed by atoms with Gasteiger partial charge < -0.3 is 10.1 Å². The first kappa shape index (κ1) is 17.0. The molecule has 0 aliphatic carbocycles. The van der Waals surface area contributed by atoms with Crippen LogP contribution in [0.15, 0.2) is 29.2 Å². The summed E-state index contributed by atoms with van der Waals surface area (Å²) in [6, 6.07) is 6.40. The van der Waals surface area contributed by atoms with Crippen LogP contribution in [0, 0.1) is 11.7 Å². The highest BCUT2D eigenvalue weighted by Gasteiger charge is 2.19. The summed E-state index contributed by atoms with van der Waals surface area (Å²) in [5, 5.41) is 3.17. The van der Waals surface area contributed by atoms with Crippen molar-refractivity contribution in [3.8, 4) is 0 Å². The van der Waals surface area contributed by atoms with Crippen LogP contribution in [-0.2, 0) is 9.53 Å². The molecule has 0 heterocycles. The standard InChI is InChI=1S/C15H22FNO2S/c1-11(2)10-13(15(18)19-3)17-8-9-20-14-7-5-4-6-12(14)16/h4-7,11,13,17H,8-10H2,1-3H3. The van der Waals surface area contributed by atoms with Gasteiger partial charge in [-0.3, -0.25) is 4.79 Å². The van der Waals surface area contributed by atoms with Crippen LogP contribution in [0.25, 0.3) is 0 Å². The molecule has 0 aliphatic rings. The lowest BCUT2D eigenvalue weighted by Crippen LogP contribution is -2.39. The van der Waals surface area contributed by atoms with Crippen LogP contribution >= 0.6 is 11.8 Å². The zero-order valence-corrected chi connectivity index (χ0v) is 13.0. The Morgan fingerprint density at radius 1 is 1.40 bits per heavy atom. The lowest BCUT2D eigenvalue weighted by Gasteiger charge is -2.18. The van der Waals surface area contributed by atoms with Gasteiger partial charge in [0.15, 0.2) is 0 Å². The minimum atomic E-state index is -0.291. The molecule has 1 atom stereocenters. The van der Waals surface area contributed by atoms with Crippen molar-refractivity contribution in [2.75, 3.05) is 19.4 Å². The van der Waals surface area contributed by atoms with Gasteiger partial charge in [0.1, 0.15) is 11.9 Å². The van der Waals surface area contributed by atoms with Crippen molar-refractivity contribution >= 4 is 17.7 Å². The van der Waals surface area contributed by atoms with E-state index in [2.05, 4.69) is 19.2 Å². The largest absolute Gasteiger partial charge is 0.468 e. The molecule has 1 unspecified atom stereocenters. The third kappa shape index (κ3) is 5.92. The number of nitrogens with one attached hydrogen (secondary N) is 1. The predicted molar refractivity (Wildman–Crippen MR) is 80.4 cm³/mol. The van der Waals surface area contributed by atoms with Gasteiger partial charge in [0.2, 0.25) is 0 Å². The average Bonchev–Trinajstić information content (AvgIpc) is 2.42. The molecule has 1 N–H and O–H groups in total. The molecule has 0 saturated heterocycles. The summed E-state index contributed by atoms with van der Waals surface area (Å²) in [7, 11) is 1.39. The average molecular weight is 299 g/mol. The van der Waals surface area contributed by atoms with Gasteiger partial charge in [-0.15, -0.1) is 11.8 Å². The molecule has 5 heteroatoms. The van der Waals surface area contributed by atoms with Gasteiger partial charge in [0.25, 0.3) is 0 Å². The Bertz CT molecular complexity index is 426. The van der Waals surface area contributed by atoms with Gasteiger partial charge in [0, 0.05) is 17.2 Å². The Hall–Kier alpha value is -1.07. The smallest absolute Gasteiger partial charge is 0.322 e. The lowest BCUT2D eigenvalue weighted by atomic mass is 10.0. The normalized spacial score (nSPS) is 12.4. The number of esters is 1. The Morgan fingerprint density at radius 3 is 2.70 bits per heavy atom. The molecule has 0 aliphatic heterocycles. The molecule has 0 spiro atoms. The van der Waals surface area contributed by atoms with Crippen molar-refractivity contribution in [2.24, 2.45) is 5.92 Å². The number of thioether (sulfide) groups is 1. The monoisotopic (exact) mass is 299 g/mol. The summed E-state index contributed by atoms with van der Waals surface area (Å²) in [5.41, 5.74) is 0. The van der Waals surface area contributed by atoms with Crippen LogP contribution in [0.4, 0.5) is 4.39 Å². The molecule has 0 saturated carbocycles. The molecular weight excluding hydrogens is 277 g/mol. The van der Waals surface area contributed by atoms with Crippen molar-refractivity contribution in [2.45, 2.75) is 31.2 Å².